The topological polar surface area (TPSA) is 67.8 Å². The van der Waals surface area contributed by atoms with Crippen LogP contribution in [-0.2, 0) is 0 Å². The highest BCUT2D eigenvalue weighted by Crippen LogP contribution is 2.12. The number of rotatable bonds is 7. The van der Waals surface area contributed by atoms with Crippen molar-refractivity contribution in [2.75, 3.05) is 52.9 Å². The van der Waals surface area contributed by atoms with Crippen molar-refractivity contribution in [3.63, 3.8) is 0 Å². The maximum absolute atomic E-state index is 11.6. The lowest BCUT2D eigenvalue weighted by atomic mass is 10.0. The van der Waals surface area contributed by atoms with E-state index in [0.29, 0.717) is 31.5 Å². The van der Waals surface area contributed by atoms with Crippen LogP contribution in [0.2, 0.25) is 0 Å². The number of piperazine rings is 1. The summed E-state index contributed by atoms with van der Waals surface area (Å²) in [5.74, 6) is 0.510. The zero-order chi connectivity index (χ0) is 15.0. The molecule has 1 fully saturated rings. The molecule has 1 aliphatic heterocycles. The molecule has 1 atom stereocenters. The highest BCUT2D eigenvalue weighted by molar-refractivity contribution is 5.73. The van der Waals surface area contributed by atoms with Crippen molar-refractivity contribution in [2.45, 2.75) is 26.3 Å². The Hall–Kier alpha value is -0.850. The molecule has 1 rings (SSSR count). The van der Waals surface area contributed by atoms with E-state index in [4.69, 9.17) is 5.11 Å². The van der Waals surface area contributed by atoms with Gasteiger partial charge in [0.15, 0.2) is 0 Å². The van der Waals surface area contributed by atoms with Crippen LogP contribution in [-0.4, -0.2) is 79.9 Å². The quantitative estimate of drug-likeness (QED) is 0.574. The number of carbonyl (C=O) groups is 1. The molecule has 1 heterocycles. The number of hydrogen-bond donors (Lipinski definition) is 3. The van der Waals surface area contributed by atoms with Crippen LogP contribution in [0, 0.1) is 5.92 Å². The van der Waals surface area contributed by atoms with Gasteiger partial charge in [0.2, 0.25) is 0 Å². The second-order valence-corrected chi connectivity index (χ2v) is 5.86. The van der Waals surface area contributed by atoms with Crippen LogP contribution in [0.4, 0.5) is 4.79 Å². The number of hydrogen-bond acceptors (Lipinski definition) is 4. The Morgan fingerprint density at radius 2 is 1.85 bits per heavy atom. The van der Waals surface area contributed by atoms with E-state index in [1.54, 1.807) is 0 Å². The van der Waals surface area contributed by atoms with Gasteiger partial charge in [-0.1, -0.05) is 13.8 Å². The summed E-state index contributed by atoms with van der Waals surface area (Å²) in [5, 5.41) is 14.4. The first kappa shape index (κ1) is 17.2. The first-order chi connectivity index (χ1) is 9.54. The zero-order valence-corrected chi connectivity index (χ0v) is 13.1. The minimum Gasteiger partial charge on any atom is -0.396 e. The number of urea groups is 1. The van der Waals surface area contributed by atoms with E-state index in [1.807, 2.05) is 0 Å². The molecule has 0 bridgehead atoms. The molecule has 2 amide bonds. The minimum atomic E-state index is -0.141. The number of likely N-dealkylation sites (N-methyl/N-ethyl adjacent to an activating group) is 1. The fraction of sp³-hybridized carbons (Fsp3) is 0.929. The highest BCUT2D eigenvalue weighted by atomic mass is 16.3. The molecule has 0 saturated carbocycles. The second-order valence-electron chi connectivity index (χ2n) is 5.86. The summed E-state index contributed by atoms with van der Waals surface area (Å²) in [4.78, 5) is 16.5. The molecule has 1 unspecified atom stereocenters. The molecule has 118 valence electrons. The molecule has 1 saturated heterocycles. The Morgan fingerprint density at radius 3 is 2.40 bits per heavy atom. The molecule has 0 aliphatic carbocycles. The van der Waals surface area contributed by atoms with Gasteiger partial charge in [-0.25, -0.2) is 4.79 Å². The van der Waals surface area contributed by atoms with Crippen LogP contribution in [0.25, 0.3) is 0 Å². The van der Waals surface area contributed by atoms with E-state index in [-0.39, 0.29) is 12.6 Å². The van der Waals surface area contributed by atoms with Crippen LogP contribution in [0.3, 0.4) is 0 Å². The van der Waals surface area contributed by atoms with Crippen molar-refractivity contribution in [3.05, 3.63) is 0 Å². The van der Waals surface area contributed by atoms with Gasteiger partial charge in [-0.15, -0.1) is 0 Å². The average molecular weight is 286 g/mol. The predicted octanol–water partition coefficient (Wildman–Crippen LogP) is -0.0600. The van der Waals surface area contributed by atoms with Crippen LogP contribution < -0.4 is 10.6 Å². The second kappa shape index (κ2) is 9.15. The molecule has 6 nitrogen and oxygen atoms in total. The van der Waals surface area contributed by atoms with Crippen LogP contribution in [0.1, 0.15) is 20.3 Å². The lowest BCUT2D eigenvalue weighted by Crippen LogP contribution is -2.55. The van der Waals surface area contributed by atoms with Gasteiger partial charge in [-0.3, -0.25) is 4.90 Å². The standard InChI is InChI=1S/C14H30N4O2/c1-12(2)13(18-8-6-17(3)7-9-18)11-16-14(20)15-5-4-10-19/h12-13,19H,4-11H2,1-3H3,(H2,15,16,20). The molecule has 0 aromatic rings. The number of amides is 2. The van der Waals surface area contributed by atoms with E-state index < -0.39 is 0 Å². The van der Waals surface area contributed by atoms with Crippen molar-refractivity contribution in [1.82, 2.24) is 20.4 Å². The summed E-state index contributed by atoms with van der Waals surface area (Å²) in [7, 11) is 2.15. The van der Waals surface area contributed by atoms with Crippen molar-refractivity contribution in [2.24, 2.45) is 5.92 Å². The normalized spacial score (nSPS) is 19.1. The van der Waals surface area contributed by atoms with Gasteiger partial charge in [0, 0.05) is 51.9 Å². The lowest BCUT2D eigenvalue weighted by Gasteiger charge is -2.39. The largest absolute Gasteiger partial charge is 0.396 e. The molecule has 0 spiro atoms. The van der Waals surface area contributed by atoms with Gasteiger partial charge < -0.3 is 20.6 Å². The van der Waals surface area contributed by atoms with Crippen molar-refractivity contribution in [1.29, 1.82) is 0 Å². The fourth-order valence-electron chi connectivity index (χ4n) is 2.48. The Balaban J connectivity index is 2.33. The molecule has 3 N–H and O–H groups in total. The summed E-state index contributed by atoms with van der Waals surface area (Å²) in [6.45, 7) is 10.0. The zero-order valence-electron chi connectivity index (χ0n) is 13.1. The Bertz CT molecular complexity index is 278. The summed E-state index contributed by atoms with van der Waals surface area (Å²) in [5.41, 5.74) is 0. The first-order valence-electron chi connectivity index (χ1n) is 7.59. The number of nitrogens with one attached hydrogen (secondary N) is 2. The molecule has 0 aromatic carbocycles. The van der Waals surface area contributed by atoms with Crippen LogP contribution >= 0.6 is 0 Å². The Labute approximate surface area is 122 Å². The summed E-state index contributed by atoms with van der Waals surface area (Å²) in [6.07, 6.45) is 0.597. The van der Waals surface area contributed by atoms with Gasteiger partial charge in [0.05, 0.1) is 0 Å². The Morgan fingerprint density at radius 1 is 1.20 bits per heavy atom. The van der Waals surface area contributed by atoms with Crippen LogP contribution in [0.15, 0.2) is 0 Å². The maximum Gasteiger partial charge on any atom is 0.314 e. The lowest BCUT2D eigenvalue weighted by molar-refractivity contribution is 0.0887. The van der Waals surface area contributed by atoms with Gasteiger partial charge in [0.1, 0.15) is 0 Å². The molecule has 20 heavy (non-hydrogen) atoms. The number of aliphatic hydroxyl groups excluding tert-OH is 1. The molecule has 0 aromatic heterocycles. The SMILES string of the molecule is CC(C)C(CNC(=O)NCCCO)N1CCN(C)CC1. The van der Waals surface area contributed by atoms with Gasteiger partial charge in [-0.05, 0) is 19.4 Å². The monoisotopic (exact) mass is 286 g/mol. The predicted molar refractivity (Wildman–Crippen MR) is 80.8 cm³/mol. The summed E-state index contributed by atoms with van der Waals surface area (Å²) in [6, 6.07) is 0.241. The summed E-state index contributed by atoms with van der Waals surface area (Å²) < 4.78 is 0. The van der Waals surface area contributed by atoms with Gasteiger partial charge in [-0.2, -0.15) is 0 Å². The van der Waals surface area contributed by atoms with E-state index >= 15 is 0 Å². The third-order valence-corrected chi connectivity index (χ3v) is 3.87. The number of aliphatic hydroxyl groups is 1. The summed E-state index contributed by atoms with van der Waals surface area (Å²) >= 11 is 0. The molecule has 6 heteroatoms. The van der Waals surface area contributed by atoms with Crippen molar-refractivity contribution >= 4 is 6.03 Å². The molecular weight excluding hydrogens is 256 g/mol. The van der Waals surface area contributed by atoms with Gasteiger partial charge in [0.25, 0.3) is 0 Å². The third kappa shape index (κ3) is 6.07. The number of nitrogens with zero attached hydrogens (tertiary/aromatic N) is 2. The van der Waals surface area contributed by atoms with Crippen LogP contribution in [0.5, 0.6) is 0 Å². The first-order valence-corrected chi connectivity index (χ1v) is 7.59. The van der Waals surface area contributed by atoms with E-state index in [2.05, 4.69) is 41.3 Å². The van der Waals surface area contributed by atoms with E-state index in [1.165, 1.54) is 0 Å². The molecular formula is C14H30N4O2. The van der Waals surface area contributed by atoms with E-state index in [0.717, 1.165) is 26.2 Å². The average Bonchev–Trinajstić information content (AvgIpc) is 2.41. The fourth-order valence-corrected chi connectivity index (χ4v) is 2.48. The smallest absolute Gasteiger partial charge is 0.314 e. The maximum atomic E-state index is 11.6. The highest BCUT2D eigenvalue weighted by Gasteiger charge is 2.25. The molecule has 0 radical (unpaired) electrons. The van der Waals surface area contributed by atoms with E-state index in [9.17, 15) is 4.79 Å². The van der Waals surface area contributed by atoms with Gasteiger partial charge >= 0.3 is 6.03 Å². The van der Waals surface area contributed by atoms with Crippen molar-refractivity contribution in [3.8, 4) is 0 Å². The third-order valence-electron chi connectivity index (χ3n) is 3.87. The number of carbonyl (C=O) groups excluding carboxylic acids is 1. The Kier molecular flexibility index (Phi) is 7.87. The minimum absolute atomic E-state index is 0.107. The molecule has 1 aliphatic rings. The van der Waals surface area contributed by atoms with Crippen molar-refractivity contribution < 1.29 is 9.90 Å².